The summed E-state index contributed by atoms with van der Waals surface area (Å²) in [5.41, 5.74) is 5.43. The van der Waals surface area contributed by atoms with Gasteiger partial charge in [0.25, 0.3) is 0 Å². The van der Waals surface area contributed by atoms with E-state index in [4.69, 9.17) is 19.9 Å². The summed E-state index contributed by atoms with van der Waals surface area (Å²) < 4.78 is 16.0. The molecule has 2 aliphatic rings. The summed E-state index contributed by atoms with van der Waals surface area (Å²) in [7, 11) is 0. The van der Waals surface area contributed by atoms with Crippen LogP contribution in [-0.2, 0) is 14.2 Å². The van der Waals surface area contributed by atoms with Crippen LogP contribution in [0.4, 0.5) is 0 Å². The number of ether oxygens (including phenoxy) is 3. The highest BCUT2D eigenvalue weighted by atomic mass is 16.8. The second-order valence-corrected chi connectivity index (χ2v) is 4.93. The van der Waals surface area contributed by atoms with E-state index < -0.39 is 43.1 Å². The van der Waals surface area contributed by atoms with E-state index in [1.807, 2.05) is 0 Å². The van der Waals surface area contributed by atoms with Crippen LogP contribution in [0.15, 0.2) is 0 Å². The third-order valence-corrected chi connectivity index (χ3v) is 3.33. The molecule has 7 atom stereocenters. The van der Waals surface area contributed by atoms with Crippen molar-refractivity contribution in [1.82, 2.24) is 0 Å². The van der Waals surface area contributed by atoms with E-state index >= 15 is 0 Å². The van der Waals surface area contributed by atoms with Crippen molar-refractivity contribution in [1.29, 1.82) is 0 Å². The fourth-order valence-electron chi connectivity index (χ4n) is 2.25. The van der Waals surface area contributed by atoms with Crippen LogP contribution in [0.1, 0.15) is 12.8 Å². The molecule has 2 fully saturated rings. The molecule has 0 bridgehead atoms. The normalized spacial score (nSPS) is 48.2. The van der Waals surface area contributed by atoms with Gasteiger partial charge in [0.05, 0.1) is 18.8 Å². The van der Waals surface area contributed by atoms with Crippen LogP contribution in [0.5, 0.6) is 0 Å². The quantitative estimate of drug-likeness (QED) is 0.376. The maximum atomic E-state index is 9.71. The maximum Gasteiger partial charge on any atom is 0.186 e. The summed E-state index contributed by atoms with van der Waals surface area (Å²) >= 11 is 0. The van der Waals surface area contributed by atoms with E-state index in [0.29, 0.717) is 0 Å². The molecule has 0 radical (unpaired) electrons. The Morgan fingerprint density at radius 3 is 2.47 bits per heavy atom. The molecular weight excluding hydrogens is 258 g/mol. The summed E-state index contributed by atoms with van der Waals surface area (Å²) in [5, 5.41) is 38.3. The largest absolute Gasteiger partial charge is 0.391 e. The van der Waals surface area contributed by atoms with Gasteiger partial charge in [-0.2, -0.15) is 0 Å². The van der Waals surface area contributed by atoms with Crippen molar-refractivity contribution in [2.24, 2.45) is 5.73 Å². The fraction of sp³-hybridized carbons (Fsp3) is 1.00. The lowest BCUT2D eigenvalue weighted by atomic mass is 10.0. The molecular formula is C11H21NO7. The monoisotopic (exact) mass is 279 g/mol. The van der Waals surface area contributed by atoms with Gasteiger partial charge in [0.1, 0.15) is 18.3 Å². The van der Waals surface area contributed by atoms with Crippen LogP contribution in [0.25, 0.3) is 0 Å². The first kappa shape index (κ1) is 15.1. The summed E-state index contributed by atoms with van der Waals surface area (Å²) in [4.78, 5) is 0. The number of aliphatic hydroxyl groups excluding tert-OH is 4. The Balaban J connectivity index is 1.88. The van der Waals surface area contributed by atoms with Gasteiger partial charge in [0, 0.05) is 19.4 Å². The minimum Gasteiger partial charge on any atom is -0.391 e. The average Bonchev–Trinajstić information content (AvgIpc) is 2.37. The minimum absolute atomic E-state index is 0.0465. The molecule has 0 aromatic heterocycles. The third-order valence-electron chi connectivity index (χ3n) is 3.33. The zero-order valence-electron chi connectivity index (χ0n) is 10.5. The zero-order chi connectivity index (χ0) is 14.0. The van der Waals surface area contributed by atoms with Crippen molar-refractivity contribution in [3.8, 4) is 0 Å². The van der Waals surface area contributed by atoms with Gasteiger partial charge in [-0.15, -0.1) is 0 Å². The average molecular weight is 279 g/mol. The Labute approximate surface area is 110 Å². The highest BCUT2D eigenvalue weighted by Crippen LogP contribution is 2.24. The second kappa shape index (κ2) is 6.42. The molecule has 19 heavy (non-hydrogen) atoms. The van der Waals surface area contributed by atoms with Crippen LogP contribution < -0.4 is 5.73 Å². The van der Waals surface area contributed by atoms with Crippen LogP contribution >= 0.6 is 0 Å². The van der Waals surface area contributed by atoms with Crippen LogP contribution in [0, 0.1) is 0 Å². The molecule has 2 heterocycles. The highest BCUT2D eigenvalue weighted by molar-refractivity contribution is 4.84. The predicted molar refractivity (Wildman–Crippen MR) is 61.8 cm³/mol. The van der Waals surface area contributed by atoms with Crippen molar-refractivity contribution in [2.75, 3.05) is 13.2 Å². The Morgan fingerprint density at radius 2 is 1.84 bits per heavy atom. The molecule has 0 saturated carbocycles. The van der Waals surface area contributed by atoms with Crippen LogP contribution in [0.3, 0.4) is 0 Å². The highest BCUT2D eigenvalue weighted by Gasteiger charge is 2.39. The second-order valence-electron chi connectivity index (χ2n) is 4.93. The van der Waals surface area contributed by atoms with Crippen molar-refractivity contribution in [2.45, 2.75) is 55.9 Å². The molecule has 112 valence electrons. The van der Waals surface area contributed by atoms with E-state index in [2.05, 4.69) is 0 Å². The molecule has 2 rings (SSSR count). The molecule has 2 saturated heterocycles. The van der Waals surface area contributed by atoms with Gasteiger partial charge in [0.15, 0.2) is 12.6 Å². The lowest BCUT2D eigenvalue weighted by Crippen LogP contribution is -2.54. The molecule has 8 heteroatoms. The molecule has 0 aromatic rings. The zero-order valence-corrected chi connectivity index (χ0v) is 10.5. The smallest absolute Gasteiger partial charge is 0.186 e. The van der Waals surface area contributed by atoms with E-state index in [0.717, 1.165) is 0 Å². The predicted octanol–water partition coefficient (Wildman–Crippen LogP) is -2.73. The van der Waals surface area contributed by atoms with Gasteiger partial charge in [-0.1, -0.05) is 0 Å². The van der Waals surface area contributed by atoms with E-state index in [9.17, 15) is 20.4 Å². The molecule has 0 aromatic carbocycles. The number of hydrogen-bond donors (Lipinski definition) is 5. The van der Waals surface area contributed by atoms with E-state index in [1.54, 1.807) is 0 Å². The van der Waals surface area contributed by atoms with Gasteiger partial charge < -0.3 is 40.4 Å². The first-order chi connectivity index (χ1) is 9.01. The number of rotatable bonds is 3. The first-order valence-corrected chi connectivity index (χ1v) is 6.36. The number of hydrogen-bond acceptors (Lipinski definition) is 8. The SMILES string of the molecule is NCC1O[C@H](OC2OCC(O)CC2O)CC(O)[C@@H]1O. The summed E-state index contributed by atoms with van der Waals surface area (Å²) in [6, 6.07) is 0. The van der Waals surface area contributed by atoms with Gasteiger partial charge in [-0.05, 0) is 0 Å². The van der Waals surface area contributed by atoms with Crippen molar-refractivity contribution >= 4 is 0 Å². The Hall–Kier alpha value is -0.320. The summed E-state index contributed by atoms with van der Waals surface area (Å²) in [6.07, 6.45) is -5.98. The molecule has 2 aliphatic heterocycles. The lowest BCUT2D eigenvalue weighted by molar-refractivity contribution is -0.327. The summed E-state index contributed by atoms with van der Waals surface area (Å²) in [6.45, 7) is 0.116. The molecule has 5 unspecified atom stereocenters. The topological polar surface area (TPSA) is 135 Å². The third kappa shape index (κ3) is 3.61. The van der Waals surface area contributed by atoms with Crippen LogP contribution in [-0.4, -0.2) is 76.7 Å². The minimum atomic E-state index is -1.05. The number of nitrogens with two attached hydrogens (primary N) is 1. The molecule has 0 spiro atoms. The van der Waals surface area contributed by atoms with Gasteiger partial charge in [0.2, 0.25) is 0 Å². The Morgan fingerprint density at radius 1 is 1.11 bits per heavy atom. The van der Waals surface area contributed by atoms with Crippen molar-refractivity contribution < 1.29 is 34.6 Å². The molecule has 0 amide bonds. The van der Waals surface area contributed by atoms with Gasteiger partial charge >= 0.3 is 0 Å². The molecule has 0 aliphatic carbocycles. The van der Waals surface area contributed by atoms with E-state index in [1.165, 1.54) is 0 Å². The van der Waals surface area contributed by atoms with Crippen molar-refractivity contribution in [3.63, 3.8) is 0 Å². The lowest BCUT2D eigenvalue weighted by Gasteiger charge is -2.39. The van der Waals surface area contributed by atoms with Gasteiger partial charge in [-0.25, -0.2) is 0 Å². The van der Waals surface area contributed by atoms with E-state index in [-0.39, 0.29) is 26.0 Å². The Kier molecular flexibility index (Phi) is 5.09. The molecule has 8 nitrogen and oxygen atoms in total. The molecule has 6 N–H and O–H groups in total. The number of aliphatic hydroxyl groups is 4. The standard InChI is InChI=1S/C11H21NO7/c12-3-8-10(16)6(14)2-9(18-8)19-11-7(15)1-5(13)4-17-11/h5-11,13-16H,1-4,12H2/t5?,6?,7?,8?,9-,10+,11?/m1/s1. The fourth-order valence-corrected chi connectivity index (χ4v) is 2.25. The van der Waals surface area contributed by atoms with Crippen molar-refractivity contribution in [3.05, 3.63) is 0 Å². The summed E-state index contributed by atoms with van der Waals surface area (Å²) in [5.74, 6) is 0. The van der Waals surface area contributed by atoms with Gasteiger partial charge in [-0.3, -0.25) is 0 Å². The first-order valence-electron chi connectivity index (χ1n) is 6.36. The maximum absolute atomic E-state index is 9.71. The Bertz CT molecular complexity index is 292. The van der Waals surface area contributed by atoms with Crippen LogP contribution in [0.2, 0.25) is 0 Å².